The average molecular weight is 809 g/mol. The monoisotopic (exact) mass is 808 g/mol. The molecule has 4 N–H and O–H groups in total. The molecule has 4 aromatic heterocycles. The number of nitrogens with zero attached hydrogens (tertiary/aromatic N) is 7. The van der Waals surface area contributed by atoms with Crippen molar-refractivity contribution in [1.29, 1.82) is 5.26 Å². The van der Waals surface area contributed by atoms with E-state index in [9.17, 15) is 49.9 Å². The van der Waals surface area contributed by atoms with Crippen molar-refractivity contribution in [2.75, 3.05) is 13.1 Å². The molecule has 0 bridgehead atoms. The molecule has 6 rings (SSSR count). The molecule has 2 aliphatic rings. The standard InChI is InChI=1S/C29H31F3N8O2.2C2HF3O2/c1-27(2,41)19-11-23(29(30,31)32)38-24(12-19)42-21-5-3-20(4-6-21)39-15-28(16-39,8-9-33)40-14-18(13-37-40)25-22-7-10-34-26(22)36-17-35-25;2*3-2(4,5)1(6)7/h7,10-14,17,20-21,41H,3-6,8,15-16H2,1-2H3,(H,34,35,36);2*(H,6,7). The van der Waals surface area contributed by atoms with E-state index >= 15 is 0 Å². The fraction of sp³-hybridized carbons (Fsp3) is 0.485. The Morgan fingerprint density at radius 2 is 1.57 bits per heavy atom. The lowest BCUT2D eigenvalue weighted by atomic mass is 9.82. The van der Waals surface area contributed by atoms with Crippen LogP contribution in [0.4, 0.5) is 39.5 Å². The number of halogens is 9. The maximum absolute atomic E-state index is 13.4. The van der Waals surface area contributed by atoms with Gasteiger partial charge in [0.05, 0.1) is 30.0 Å². The molecule has 4 aromatic rings. The van der Waals surface area contributed by atoms with Gasteiger partial charge >= 0.3 is 30.5 Å². The smallest absolute Gasteiger partial charge is 0.475 e. The van der Waals surface area contributed by atoms with Gasteiger partial charge < -0.3 is 25.0 Å². The summed E-state index contributed by atoms with van der Waals surface area (Å²) in [7, 11) is 0. The maximum atomic E-state index is 13.4. The van der Waals surface area contributed by atoms with E-state index in [-0.39, 0.29) is 23.6 Å². The number of aliphatic hydroxyl groups is 1. The van der Waals surface area contributed by atoms with Crippen molar-refractivity contribution in [3.63, 3.8) is 0 Å². The molecule has 0 unspecified atom stereocenters. The van der Waals surface area contributed by atoms with Crippen molar-refractivity contribution >= 4 is 23.0 Å². The third kappa shape index (κ3) is 10.6. The van der Waals surface area contributed by atoms with E-state index in [1.165, 1.54) is 26.2 Å². The molecule has 1 saturated heterocycles. The summed E-state index contributed by atoms with van der Waals surface area (Å²) in [6.45, 7) is 4.20. The normalized spacial score (nSPS) is 18.7. The van der Waals surface area contributed by atoms with Crippen LogP contribution >= 0.6 is 0 Å². The number of H-pyrrole nitrogens is 1. The van der Waals surface area contributed by atoms with Gasteiger partial charge in [0.2, 0.25) is 5.88 Å². The van der Waals surface area contributed by atoms with Crippen LogP contribution in [0, 0.1) is 11.3 Å². The minimum atomic E-state index is -5.08. The number of fused-ring (bicyclic) bond motifs is 1. The third-order valence-corrected chi connectivity index (χ3v) is 8.83. The molecule has 2 fully saturated rings. The largest absolute Gasteiger partial charge is 0.490 e. The van der Waals surface area contributed by atoms with Gasteiger partial charge in [-0.1, -0.05) is 0 Å². The van der Waals surface area contributed by atoms with Gasteiger partial charge in [-0.15, -0.1) is 0 Å². The summed E-state index contributed by atoms with van der Waals surface area (Å²) in [5.74, 6) is -5.64. The number of ether oxygens (including phenoxy) is 1. The zero-order chi connectivity index (χ0) is 41.9. The van der Waals surface area contributed by atoms with E-state index < -0.39 is 47.3 Å². The summed E-state index contributed by atoms with van der Waals surface area (Å²) < 4.78 is 112. The minimum absolute atomic E-state index is 0.0990. The number of carbonyl (C=O) groups is 2. The Morgan fingerprint density at radius 1 is 0.982 bits per heavy atom. The lowest BCUT2D eigenvalue weighted by molar-refractivity contribution is -0.193. The summed E-state index contributed by atoms with van der Waals surface area (Å²) in [5.41, 5.74) is -0.521. The number of alkyl halides is 9. The molecule has 0 atom stereocenters. The molecule has 1 aliphatic carbocycles. The summed E-state index contributed by atoms with van der Waals surface area (Å²) in [6.07, 6.45) is -4.80. The SMILES string of the molecule is CC(C)(O)c1cc(OC2CCC(N3CC(CC#N)(n4cc(-c5ncnc6[nH]ccc56)cn4)C3)CC2)nc(C(F)(F)F)c1.O=C(O)C(F)(F)F.O=C(O)C(F)(F)F. The van der Waals surface area contributed by atoms with Gasteiger partial charge in [-0.25, -0.2) is 24.5 Å². The molecule has 1 aliphatic heterocycles. The molecular weight excluding hydrogens is 775 g/mol. The molecule has 14 nitrogen and oxygen atoms in total. The number of carboxylic acids is 2. The van der Waals surface area contributed by atoms with E-state index in [2.05, 4.69) is 36.0 Å². The first-order valence-corrected chi connectivity index (χ1v) is 16.4. The molecule has 56 heavy (non-hydrogen) atoms. The highest BCUT2D eigenvalue weighted by atomic mass is 19.4. The Morgan fingerprint density at radius 3 is 2.09 bits per heavy atom. The Labute approximate surface area is 310 Å². The number of likely N-dealkylation sites (tertiary alicyclic amines) is 1. The predicted molar refractivity (Wildman–Crippen MR) is 173 cm³/mol. The molecule has 5 heterocycles. The highest BCUT2D eigenvalue weighted by Gasteiger charge is 2.48. The van der Waals surface area contributed by atoms with Gasteiger partial charge in [-0.3, -0.25) is 9.58 Å². The average Bonchev–Trinajstić information content (AvgIpc) is 3.76. The van der Waals surface area contributed by atoms with Crippen molar-refractivity contribution in [3.05, 3.63) is 54.4 Å². The van der Waals surface area contributed by atoms with E-state index in [0.717, 1.165) is 41.2 Å². The first kappa shape index (κ1) is 43.2. The van der Waals surface area contributed by atoms with E-state index in [1.54, 1.807) is 6.20 Å². The molecule has 0 radical (unpaired) electrons. The molecule has 1 saturated carbocycles. The zero-order valence-corrected chi connectivity index (χ0v) is 29.2. The molecule has 0 amide bonds. The Hall–Kier alpha value is -5.50. The second-order valence-corrected chi connectivity index (χ2v) is 13.4. The third-order valence-electron chi connectivity index (χ3n) is 8.83. The van der Waals surface area contributed by atoms with E-state index in [0.29, 0.717) is 32.4 Å². The van der Waals surface area contributed by atoms with Crippen LogP contribution in [0.2, 0.25) is 0 Å². The number of rotatable bonds is 7. The Kier molecular flexibility index (Phi) is 12.6. The second-order valence-electron chi connectivity index (χ2n) is 13.4. The van der Waals surface area contributed by atoms with Gasteiger partial charge in [0.25, 0.3) is 0 Å². The number of hydrogen-bond acceptors (Lipinski definition) is 10. The maximum Gasteiger partial charge on any atom is 0.490 e. The Balaban J connectivity index is 0.000000425. The van der Waals surface area contributed by atoms with Crippen LogP contribution in [0.25, 0.3) is 22.3 Å². The van der Waals surface area contributed by atoms with Gasteiger partial charge in [0.1, 0.15) is 29.3 Å². The molecule has 0 aromatic carbocycles. The molecule has 0 spiro atoms. The number of aromatic amines is 1. The number of aromatic nitrogens is 6. The van der Waals surface area contributed by atoms with E-state index in [4.69, 9.17) is 24.5 Å². The van der Waals surface area contributed by atoms with Crippen molar-refractivity contribution in [2.24, 2.45) is 0 Å². The molecule has 304 valence electrons. The van der Waals surface area contributed by atoms with Gasteiger partial charge in [0, 0.05) is 48.5 Å². The van der Waals surface area contributed by atoms with Crippen LogP contribution in [0.3, 0.4) is 0 Å². The summed E-state index contributed by atoms with van der Waals surface area (Å²) in [4.78, 5) is 35.6. The van der Waals surface area contributed by atoms with Crippen molar-refractivity contribution < 1.29 is 69.2 Å². The van der Waals surface area contributed by atoms with Crippen molar-refractivity contribution in [1.82, 2.24) is 34.6 Å². The van der Waals surface area contributed by atoms with Gasteiger partial charge in [0.15, 0.2) is 0 Å². The summed E-state index contributed by atoms with van der Waals surface area (Å²) >= 11 is 0. The first-order valence-electron chi connectivity index (χ1n) is 16.4. The van der Waals surface area contributed by atoms with Crippen molar-refractivity contribution in [2.45, 2.75) is 87.8 Å². The van der Waals surface area contributed by atoms with Gasteiger partial charge in [-0.2, -0.15) is 49.9 Å². The van der Waals surface area contributed by atoms with Crippen LogP contribution in [0.1, 0.15) is 57.2 Å². The number of nitriles is 1. The quantitative estimate of drug-likeness (QED) is 0.158. The lowest BCUT2D eigenvalue weighted by Crippen LogP contribution is -2.65. The fourth-order valence-corrected chi connectivity index (χ4v) is 6.02. The van der Waals surface area contributed by atoms with Crippen LogP contribution in [-0.4, -0.2) is 99.5 Å². The number of aliphatic carboxylic acids is 2. The van der Waals surface area contributed by atoms with E-state index in [1.807, 2.05) is 23.1 Å². The van der Waals surface area contributed by atoms with Crippen LogP contribution in [0.5, 0.6) is 5.88 Å². The number of nitrogens with one attached hydrogen (secondary N) is 1. The number of hydrogen-bond donors (Lipinski definition) is 4. The zero-order valence-electron chi connectivity index (χ0n) is 29.2. The molecular formula is C33H33F9N8O6. The fourth-order valence-electron chi connectivity index (χ4n) is 6.02. The number of carboxylic acid groups (broad SMARTS) is 2. The van der Waals surface area contributed by atoms with Gasteiger partial charge in [-0.05, 0) is 57.2 Å². The summed E-state index contributed by atoms with van der Waals surface area (Å²) in [6, 6.07) is 6.77. The lowest BCUT2D eigenvalue weighted by Gasteiger charge is -2.53. The minimum Gasteiger partial charge on any atom is -0.475 e. The predicted octanol–water partition coefficient (Wildman–Crippen LogP) is 6.04. The first-order chi connectivity index (χ1) is 25.8. The number of pyridine rings is 1. The highest BCUT2D eigenvalue weighted by molar-refractivity contribution is 5.90. The van der Waals surface area contributed by atoms with Crippen LogP contribution < -0.4 is 4.74 Å². The second kappa shape index (κ2) is 16.3. The Bertz CT molecular complexity index is 1980. The van der Waals surface area contributed by atoms with Crippen LogP contribution in [-0.2, 0) is 26.9 Å². The highest BCUT2D eigenvalue weighted by Crippen LogP contribution is 2.39. The summed E-state index contributed by atoms with van der Waals surface area (Å²) in [5, 5.41) is 39.7. The molecule has 23 heteroatoms. The topological polar surface area (TPSA) is 203 Å². The van der Waals surface area contributed by atoms with Crippen LogP contribution in [0.15, 0.2) is 43.1 Å². The van der Waals surface area contributed by atoms with Crippen molar-refractivity contribution in [3.8, 4) is 23.2 Å².